The van der Waals surface area contributed by atoms with Crippen LogP contribution in [-0.2, 0) is 0 Å². The third-order valence-electron chi connectivity index (χ3n) is 3.75. The fourth-order valence-corrected chi connectivity index (χ4v) is 3.01. The second kappa shape index (κ2) is 6.01. The first-order chi connectivity index (χ1) is 9.04. The number of nitrogens with zero attached hydrogens (tertiary/aromatic N) is 1. The molecule has 1 amide bonds. The maximum Gasteiger partial charge on any atom is 0.258 e. The summed E-state index contributed by atoms with van der Waals surface area (Å²) in [6.07, 6.45) is 1.94. The van der Waals surface area contributed by atoms with Crippen LogP contribution in [0.25, 0.3) is 0 Å². The number of hydrogen-bond acceptors (Lipinski definition) is 2. The van der Waals surface area contributed by atoms with Crippen molar-refractivity contribution in [1.29, 1.82) is 0 Å². The van der Waals surface area contributed by atoms with E-state index >= 15 is 0 Å². The van der Waals surface area contributed by atoms with Crippen molar-refractivity contribution >= 4 is 21.8 Å². The molecule has 5 heteroatoms. The molecule has 1 heterocycles. The van der Waals surface area contributed by atoms with Gasteiger partial charge in [-0.2, -0.15) is 0 Å². The molecule has 0 aliphatic carbocycles. The van der Waals surface area contributed by atoms with E-state index < -0.39 is 5.82 Å². The van der Waals surface area contributed by atoms with Crippen LogP contribution in [0.15, 0.2) is 22.7 Å². The van der Waals surface area contributed by atoms with E-state index in [2.05, 4.69) is 15.9 Å². The zero-order chi connectivity index (χ0) is 14.0. The molecule has 1 saturated heterocycles. The Morgan fingerprint density at radius 1 is 1.53 bits per heavy atom. The number of piperidine rings is 1. The van der Waals surface area contributed by atoms with Crippen molar-refractivity contribution in [3.8, 4) is 0 Å². The van der Waals surface area contributed by atoms with E-state index in [1.165, 1.54) is 6.07 Å². The zero-order valence-electron chi connectivity index (χ0n) is 10.9. The highest BCUT2D eigenvalue weighted by Gasteiger charge is 2.31. The van der Waals surface area contributed by atoms with Crippen LogP contribution in [0, 0.1) is 11.7 Å². The first-order valence-electron chi connectivity index (χ1n) is 6.49. The lowest BCUT2D eigenvalue weighted by Crippen LogP contribution is -2.47. The standard InChI is InChI=1S/C14H18BrFN2O/c1-9-5-6-10(7-17)8-18(9)14(19)13-11(15)3-2-4-12(13)16/h2-4,9-10H,5-8,17H2,1H3. The molecule has 0 saturated carbocycles. The van der Waals surface area contributed by atoms with Crippen LogP contribution in [0.2, 0.25) is 0 Å². The summed E-state index contributed by atoms with van der Waals surface area (Å²) in [6, 6.07) is 4.71. The van der Waals surface area contributed by atoms with Gasteiger partial charge in [0.05, 0.1) is 5.56 Å². The van der Waals surface area contributed by atoms with E-state index in [1.54, 1.807) is 17.0 Å². The van der Waals surface area contributed by atoms with E-state index in [0.717, 1.165) is 12.8 Å². The molecular weight excluding hydrogens is 311 g/mol. The Morgan fingerprint density at radius 3 is 2.89 bits per heavy atom. The van der Waals surface area contributed by atoms with Crippen LogP contribution in [0.4, 0.5) is 4.39 Å². The largest absolute Gasteiger partial charge is 0.335 e. The Balaban J connectivity index is 2.27. The number of amides is 1. The molecule has 0 spiro atoms. The predicted molar refractivity (Wildman–Crippen MR) is 76.4 cm³/mol. The number of hydrogen-bond donors (Lipinski definition) is 1. The monoisotopic (exact) mass is 328 g/mol. The molecule has 1 aromatic rings. The smallest absolute Gasteiger partial charge is 0.258 e. The summed E-state index contributed by atoms with van der Waals surface area (Å²) in [5, 5.41) is 0. The SMILES string of the molecule is CC1CCC(CN)CN1C(=O)c1c(F)cccc1Br. The predicted octanol–water partition coefficient (Wildman–Crippen LogP) is 2.79. The molecular formula is C14H18BrFN2O. The summed E-state index contributed by atoms with van der Waals surface area (Å²) < 4.78 is 14.4. The molecule has 2 N–H and O–H groups in total. The number of carbonyl (C=O) groups excluding carboxylic acids is 1. The second-order valence-corrected chi connectivity index (χ2v) is 5.94. The molecule has 0 bridgehead atoms. The molecule has 1 fully saturated rings. The minimum Gasteiger partial charge on any atom is -0.335 e. The molecule has 2 unspecified atom stereocenters. The first kappa shape index (κ1) is 14.5. The van der Waals surface area contributed by atoms with Gasteiger partial charge in [-0.25, -0.2) is 4.39 Å². The minimum absolute atomic E-state index is 0.118. The van der Waals surface area contributed by atoms with Crippen molar-refractivity contribution in [3.05, 3.63) is 34.1 Å². The number of benzene rings is 1. The van der Waals surface area contributed by atoms with Gasteiger partial charge in [0, 0.05) is 17.1 Å². The van der Waals surface area contributed by atoms with Gasteiger partial charge in [0.1, 0.15) is 5.82 Å². The summed E-state index contributed by atoms with van der Waals surface area (Å²) in [7, 11) is 0. The average Bonchev–Trinajstić information content (AvgIpc) is 2.39. The topological polar surface area (TPSA) is 46.3 Å². The fraction of sp³-hybridized carbons (Fsp3) is 0.500. The Hall–Kier alpha value is -0.940. The van der Waals surface area contributed by atoms with Crippen LogP contribution in [0.3, 0.4) is 0 Å². The Bertz CT molecular complexity index is 460. The van der Waals surface area contributed by atoms with Crippen LogP contribution < -0.4 is 5.73 Å². The first-order valence-corrected chi connectivity index (χ1v) is 7.29. The van der Waals surface area contributed by atoms with E-state index in [-0.39, 0.29) is 17.5 Å². The number of rotatable bonds is 2. The van der Waals surface area contributed by atoms with Gasteiger partial charge < -0.3 is 10.6 Å². The lowest BCUT2D eigenvalue weighted by Gasteiger charge is -2.38. The molecule has 2 rings (SSSR count). The molecule has 19 heavy (non-hydrogen) atoms. The number of likely N-dealkylation sites (tertiary alicyclic amines) is 1. The maximum atomic E-state index is 13.9. The fourth-order valence-electron chi connectivity index (χ4n) is 2.50. The summed E-state index contributed by atoms with van der Waals surface area (Å²) in [5.41, 5.74) is 5.81. The van der Waals surface area contributed by atoms with Crippen LogP contribution in [0.5, 0.6) is 0 Å². The summed E-state index contributed by atoms with van der Waals surface area (Å²) in [6.45, 7) is 3.17. The van der Waals surface area contributed by atoms with Gasteiger partial charge in [0.2, 0.25) is 0 Å². The van der Waals surface area contributed by atoms with E-state index in [4.69, 9.17) is 5.73 Å². The summed E-state index contributed by atoms with van der Waals surface area (Å²) in [5.74, 6) is -0.428. The Kier molecular flexibility index (Phi) is 4.58. The van der Waals surface area contributed by atoms with Crippen LogP contribution in [-0.4, -0.2) is 29.9 Å². The number of halogens is 2. The molecule has 1 aromatic carbocycles. The lowest BCUT2D eigenvalue weighted by molar-refractivity contribution is 0.0561. The Labute approximate surface area is 121 Å². The minimum atomic E-state index is -0.485. The number of carbonyl (C=O) groups is 1. The van der Waals surface area contributed by atoms with Crippen molar-refractivity contribution in [3.63, 3.8) is 0 Å². The van der Waals surface area contributed by atoms with Gasteiger partial charge in [0.25, 0.3) is 5.91 Å². The van der Waals surface area contributed by atoms with Crippen molar-refractivity contribution in [2.75, 3.05) is 13.1 Å². The summed E-state index contributed by atoms with van der Waals surface area (Å²) in [4.78, 5) is 14.3. The molecule has 0 radical (unpaired) electrons. The Morgan fingerprint density at radius 2 is 2.26 bits per heavy atom. The van der Waals surface area contributed by atoms with Crippen molar-refractivity contribution < 1.29 is 9.18 Å². The molecule has 104 valence electrons. The quantitative estimate of drug-likeness (QED) is 0.907. The van der Waals surface area contributed by atoms with Gasteiger partial charge >= 0.3 is 0 Å². The van der Waals surface area contributed by atoms with Gasteiger partial charge in [0.15, 0.2) is 0 Å². The third-order valence-corrected chi connectivity index (χ3v) is 4.41. The highest BCUT2D eigenvalue weighted by Crippen LogP contribution is 2.27. The molecule has 3 nitrogen and oxygen atoms in total. The third kappa shape index (κ3) is 2.98. The lowest BCUT2D eigenvalue weighted by atomic mass is 9.93. The summed E-state index contributed by atoms with van der Waals surface area (Å²) >= 11 is 3.25. The van der Waals surface area contributed by atoms with Gasteiger partial charge in [-0.1, -0.05) is 6.07 Å². The highest BCUT2D eigenvalue weighted by atomic mass is 79.9. The molecule has 1 aliphatic heterocycles. The zero-order valence-corrected chi connectivity index (χ0v) is 12.5. The van der Waals surface area contributed by atoms with Crippen LogP contribution in [0.1, 0.15) is 30.1 Å². The maximum absolute atomic E-state index is 13.9. The van der Waals surface area contributed by atoms with Crippen molar-refractivity contribution in [1.82, 2.24) is 4.90 Å². The van der Waals surface area contributed by atoms with Gasteiger partial charge in [-0.15, -0.1) is 0 Å². The van der Waals surface area contributed by atoms with Crippen molar-refractivity contribution in [2.24, 2.45) is 11.7 Å². The van der Waals surface area contributed by atoms with Gasteiger partial charge in [-0.05, 0) is 60.3 Å². The molecule has 0 aromatic heterocycles. The highest BCUT2D eigenvalue weighted by molar-refractivity contribution is 9.10. The normalized spacial score (nSPS) is 23.5. The average molecular weight is 329 g/mol. The molecule has 2 atom stereocenters. The van der Waals surface area contributed by atoms with E-state index in [0.29, 0.717) is 23.5 Å². The van der Waals surface area contributed by atoms with E-state index in [9.17, 15) is 9.18 Å². The molecule has 1 aliphatic rings. The van der Waals surface area contributed by atoms with E-state index in [1.807, 2.05) is 6.92 Å². The van der Waals surface area contributed by atoms with Gasteiger partial charge in [-0.3, -0.25) is 4.79 Å². The van der Waals surface area contributed by atoms with Crippen LogP contribution >= 0.6 is 15.9 Å². The second-order valence-electron chi connectivity index (χ2n) is 5.08. The number of nitrogens with two attached hydrogens (primary N) is 1. The van der Waals surface area contributed by atoms with Crippen molar-refractivity contribution in [2.45, 2.75) is 25.8 Å².